The quantitative estimate of drug-likeness (QED) is 0.473. The van der Waals surface area contributed by atoms with Crippen molar-refractivity contribution in [2.75, 3.05) is 50.6 Å². The molecule has 1 aromatic heterocycles. The molecule has 2 aliphatic heterocycles. The van der Waals surface area contributed by atoms with Crippen molar-refractivity contribution in [3.8, 4) is 11.5 Å². The summed E-state index contributed by atoms with van der Waals surface area (Å²) >= 11 is 6.10. The second-order valence-electron chi connectivity index (χ2n) is 9.22. The first kappa shape index (κ1) is 26.0. The molecule has 0 aliphatic carbocycles. The molecule has 8 nitrogen and oxygen atoms in total. The topological polar surface area (TPSA) is 71.9 Å². The number of halogens is 4. The summed E-state index contributed by atoms with van der Waals surface area (Å²) < 4.78 is 53.8. The van der Waals surface area contributed by atoms with Gasteiger partial charge in [0.2, 0.25) is 0 Å². The van der Waals surface area contributed by atoms with Crippen LogP contribution in [0.2, 0.25) is 5.02 Å². The molecule has 0 spiro atoms. The number of ether oxygens (including phenoxy) is 2. The van der Waals surface area contributed by atoms with Gasteiger partial charge in [0.25, 0.3) is 5.91 Å². The molecule has 3 aromatic rings. The number of hydrogen-bond acceptors (Lipinski definition) is 6. The van der Waals surface area contributed by atoms with Crippen LogP contribution in [0.4, 0.5) is 24.7 Å². The number of fused-ring (bicyclic) bond motifs is 1. The van der Waals surface area contributed by atoms with Crippen LogP contribution in [0.25, 0.3) is 0 Å². The summed E-state index contributed by atoms with van der Waals surface area (Å²) in [6, 6.07) is 11.3. The van der Waals surface area contributed by atoms with E-state index in [1.54, 1.807) is 29.2 Å². The van der Waals surface area contributed by atoms with E-state index in [1.807, 2.05) is 18.2 Å². The summed E-state index contributed by atoms with van der Waals surface area (Å²) in [7, 11) is 2.96. The van der Waals surface area contributed by atoms with Gasteiger partial charge < -0.3 is 24.6 Å². The monoisotopic (exact) mass is 549 g/mol. The summed E-state index contributed by atoms with van der Waals surface area (Å²) in [6.07, 6.45) is -4.85. The number of nitrogens with one attached hydrogen (secondary N) is 1. The molecule has 2 atom stereocenters. The molecule has 2 aliphatic rings. The van der Waals surface area contributed by atoms with Crippen molar-refractivity contribution < 1.29 is 27.4 Å². The minimum absolute atomic E-state index is 0.0223. The number of alkyl halides is 3. The lowest BCUT2D eigenvalue weighted by molar-refractivity contribution is -0.173. The number of rotatable bonds is 5. The summed E-state index contributed by atoms with van der Waals surface area (Å²) in [5.74, 6) is 0.636. The Balaban J connectivity index is 1.36. The van der Waals surface area contributed by atoms with E-state index in [9.17, 15) is 18.0 Å². The number of hydrogen-bond donors (Lipinski definition) is 1. The molecule has 2 aromatic carbocycles. The Morgan fingerprint density at radius 1 is 1.03 bits per heavy atom. The third kappa shape index (κ3) is 5.07. The number of benzene rings is 2. The standard InChI is InChI=1S/C26H27ClF3N5O3/c1-37-21-7-6-16(12-22(21)38-2)19-14-23(26(28,29)30)35-24(31-19)15-20(32-35)25(36)34-10-8-33(9-11-34)18-5-3-4-17(27)13-18/h3-7,12-13,15,19,23,31H,8-11,14H2,1-2H3. The third-order valence-corrected chi connectivity index (χ3v) is 7.19. The molecule has 2 unspecified atom stereocenters. The van der Waals surface area contributed by atoms with Gasteiger partial charge >= 0.3 is 6.18 Å². The SMILES string of the molecule is COc1ccc(C2CC(C(F)(F)F)n3nc(C(=O)N4CCN(c5cccc(Cl)c5)CC4)cc3N2)cc1OC. The van der Waals surface area contributed by atoms with Crippen molar-refractivity contribution in [1.29, 1.82) is 0 Å². The van der Waals surface area contributed by atoms with Gasteiger partial charge in [-0.2, -0.15) is 18.3 Å². The normalized spacial score (nSPS) is 19.5. The molecule has 202 valence electrons. The van der Waals surface area contributed by atoms with Crippen molar-refractivity contribution in [3.63, 3.8) is 0 Å². The predicted molar refractivity (Wildman–Crippen MR) is 137 cm³/mol. The highest BCUT2D eigenvalue weighted by Gasteiger charge is 2.47. The second kappa shape index (κ2) is 10.3. The molecular weight excluding hydrogens is 523 g/mol. The van der Waals surface area contributed by atoms with Gasteiger partial charge in [-0.05, 0) is 35.9 Å². The van der Waals surface area contributed by atoms with Crippen LogP contribution in [0.15, 0.2) is 48.5 Å². The van der Waals surface area contributed by atoms with Gasteiger partial charge in [-0.1, -0.05) is 23.7 Å². The Labute approximate surface area is 222 Å². The zero-order chi connectivity index (χ0) is 27.0. The number of methoxy groups -OCH3 is 2. The van der Waals surface area contributed by atoms with E-state index in [4.69, 9.17) is 21.1 Å². The number of piperazine rings is 1. The number of carbonyl (C=O) groups is 1. The lowest BCUT2D eigenvalue weighted by Gasteiger charge is -2.35. The van der Waals surface area contributed by atoms with Gasteiger partial charge in [0.15, 0.2) is 23.2 Å². The summed E-state index contributed by atoms with van der Waals surface area (Å²) in [6.45, 7) is 1.98. The maximum atomic E-state index is 14.1. The highest BCUT2D eigenvalue weighted by molar-refractivity contribution is 6.30. The van der Waals surface area contributed by atoms with E-state index in [0.29, 0.717) is 48.3 Å². The molecule has 0 bridgehead atoms. The average Bonchev–Trinajstić information content (AvgIpc) is 3.35. The van der Waals surface area contributed by atoms with Crippen molar-refractivity contribution in [2.24, 2.45) is 0 Å². The van der Waals surface area contributed by atoms with Crippen LogP contribution < -0.4 is 19.7 Å². The molecule has 0 saturated carbocycles. The zero-order valence-electron chi connectivity index (χ0n) is 20.8. The maximum absolute atomic E-state index is 14.1. The van der Waals surface area contributed by atoms with Gasteiger partial charge in [-0.3, -0.25) is 4.79 Å². The molecule has 3 heterocycles. The Bertz CT molecular complexity index is 1320. The third-order valence-electron chi connectivity index (χ3n) is 6.96. The number of nitrogens with zero attached hydrogens (tertiary/aromatic N) is 4. The molecule has 1 fully saturated rings. The highest BCUT2D eigenvalue weighted by Crippen LogP contribution is 2.44. The van der Waals surface area contributed by atoms with Gasteiger partial charge in [0.05, 0.1) is 20.3 Å². The lowest BCUT2D eigenvalue weighted by atomic mass is 9.96. The average molecular weight is 550 g/mol. The molecular formula is C26H27ClF3N5O3. The number of carbonyl (C=O) groups excluding carboxylic acids is 1. The van der Waals surface area contributed by atoms with Gasteiger partial charge in [-0.25, -0.2) is 4.68 Å². The molecule has 38 heavy (non-hydrogen) atoms. The van der Waals surface area contributed by atoms with Crippen LogP contribution in [0.5, 0.6) is 11.5 Å². The Kier molecular flexibility index (Phi) is 7.04. The van der Waals surface area contributed by atoms with E-state index >= 15 is 0 Å². The Morgan fingerprint density at radius 2 is 1.76 bits per heavy atom. The number of amides is 1. The van der Waals surface area contributed by atoms with Crippen LogP contribution >= 0.6 is 11.6 Å². The van der Waals surface area contributed by atoms with Crippen LogP contribution in [-0.4, -0.2) is 67.2 Å². The molecule has 5 rings (SSSR count). The largest absolute Gasteiger partial charge is 0.493 e. The fraction of sp³-hybridized carbons (Fsp3) is 0.385. The van der Waals surface area contributed by atoms with E-state index in [0.717, 1.165) is 10.4 Å². The zero-order valence-corrected chi connectivity index (χ0v) is 21.6. The van der Waals surface area contributed by atoms with Crippen molar-refractivity contribution in [2.45, 2.75) is 24.7 Å². The highest BCUT2D eigenvalue weighted by atomic mass is 35.5. The first-order valence-electron chi connectivity index (χ1n) is 12.1. The van der Waals surface area contributed by atoms with E-state index in [1.165, 1.54) is 20.3 Å². The van der Waals surface area contributed by atoms with E-state index < -0.39 is 24.2 Å². The fourth-order valence-electron chi connectivity index (χ4n) is 4.97. The smallest absolute Gasteiger partial charge is 0.410 e. The van der Waals surface area contributed by atoms with Gasteiger partial charge in [0, 0.05) is 49.4 Å². The van der Waals surface area contributed by atoms with Crippen molar-refractivity contribution in [3.05, 3.63) is 64.8 Å². The Hall–Kier alpha value is -3.60. The molecule has 12 heteroatoms. The molecule has 1 N–H and O–H groups in total. The molecule has 1 amide bonds. The van der Waals surface area contributed by atoms with E-state index in [2.05, 4.69) is 15.3 Å². The summed E-state index contributed by atoms with van der Waals surface area (Å²) in [5.41, 5.74) is 1.54. The summed E-state index contributed by atoms with van der Waals surface area (Å²) in [4.78, 5) is 17.0. The first-order chi connectivity index (χ1) is 18.2. The van der Waals surface area contributed by atoms with Gasteiger partial charge in [0.1, 0.15) is 5.82 Å². The van der Waals surface area contributed by atoms with Crippen molar-refractivity contribution in [1.82, 2.24) is 14.7 Å². The van der Waals surface area contributed by atoms with E-state index in [-0.39, 0.29) is 17.9 Å². The minimum Gasteiger partial charge on any atom is -0.493 e. The first-order valence-corrected chi connectivity index (χ1v) is 12.5. The molecule has 0 radical (unpaired) electrons. The van der Waals surface area contributed by atoms with Crippen LogP contribution in [0, 0.1) is 0 Å². The van der Waals surface area contributed by atoms with Crippen LogP contribution in [0.1, 0.15) is 34.6 Å². The Morgan fingerprint density at radius 3 is 2.42 bits per heavy atom. The molecule has 1 saturated heterocycles. The van der Waals surface area contributed by atoms with Crippen molar-refractivity contribution >= 4 is 29.0 Å². The van der Waals surface area contributed by atoms with Crippen LogP contribution in [0.3, 0.4) is 0 Å². The summed E-state index contributed by atoms with van der Waals surface area (Å²) in [5, 5.41) is 7.88. The second-order valence-corrected chi connectivity index (χ2v) is 9.66. The lowest BCUT2D eigenvalue weighted by Crippen LogP contribution is -2.49. The van der Waals surface area contributed by atoms with Gasteiger partial charge in [-0.15, -0.1) is 0 Å². The number of anilines is 2. The maximum Gasteiger partial charge on any atom is 0.410 e. The minimum atomic E-state index is -4.55. The van der Waals surface area contributed by atoms with Crippen LogP contribution in [-0.2, 0) is 0 Å². The predicted octanol–water partition coefficient (Wildman–Crippen LogP) is 5.18. The number of aromatic nitrogens is 2. The fourth-order valence-corrected chi connectivity index (χ4v) is 5.15.